The fourth-order valence-corrected chi connectivity index (χ4v) is 9.05. The highest BCUT2D eigenvalue weighted by Gasteiger charge is 2.35. The number of aromatic nitrogens is 3. The van der Waals surface area contributed by atoms with Crippen molar-refractivity contribution in [3.63, 3.8) is 0 Å². The number of hydrogen-bond acceptors (Lipinski definition) is 4. The van der Waals surface area contributed by atoms with Crippen LogP contribution in [0.3, 0.4) is 0 Å². The van der Waals surface area contributed by atoms with Gasteiger partial charge in [0.25, 0.3) is 0 Å². The van der Waals surface area contributed by atoms with E-state index in [1.165, 1.54) is 53.6 Å². The van der Waals surface area contributed by atoms with Gasteiger partial charge in [-0.2, -0.15) is 0 Å². The summed E-state index contributed by atoms with van der Waals surface area (Å²) in [5, 5.41) is 2.38. The molecular formula is C48H33N3S. The minimum Gasteiger partial charge on any atom is -0.208 e. The molecule has 2 aromatic heterocycles. The zero-order chi connectivity index (χ0) is 34.8. The van der Waals surface area contributed by atoms with Crippen LogP contribution in [0.4, 0.5) is 0 Å². The van der Waals surface area contributed by atoms with Crippen molar-refractivity contribution < 1.29 is 0 Å². The molecule has 0 aliphatic heterocycles. The average molecular weight is 684 g/mol. The van der Waals surface area contributed by atoms with Crippen molar-refractivity contribution in [3.8, 4) is 67.5 Å². The highest BCUT2D eigenvalue weighted by Crippen LogP contribution is 2.50. The Hall–Kier alpha value is -6.23. The standard InChI is InChI=1S/C48H33N3S/c1-48(2)39-19-11-9-17-36(39)37-26-25-34(29-40(37)48)30-21-23-31(24-22-30)35-27-28-42-43(38-18-10-12-20-41(38)52-42)44(35)47-50-45(32-13-5-3-6-14-32)49-46(51-47)33-15-7-4-8-16-33/h3-29H,1-2H3. The first-order valence-corrected chi connectivity index (χ1v) is 18.5. The molecule has 7 aromatic carbocycles. The van der Waals surface area contributed by atoms with Crippen LogP contribution in [-0.2, 0) is 5.41 Å². The van der Waals surface area contributed by atoms with Crippen LogP contribution >= 0.6 is 11.3 Å². The second-order valence-corrected chi connectivity index (χ2v) is 15.1. The van der Waals surface area contributed by atoms with Gasteiger partial charge in [-0.3, -0.25) is 0 Å². The third-order valence-corrected chi connectivity index (χ3v) is 11.7. The van der Waals surface area contributed by atoms with E-state index in [-0.39, 0.29) is 5.41 Å². The normalized spacial score (nSPS) is 13.0. The molecule has 0 radical (unpaired) electrons. The Bertz CT molecular complexity index is 2740. The maximum absolute atomic E-state index is 5.23. The zero-order valence-electron chi connectivity index (χ0n) is 28.8. The smallest absolute Gasteiger partial charge is 0.165 e. The van der Waals surface area contributed by atoms with E-state index in [1.54, 1.807) is 0 Å². The van der Waals surface area contributed by atoms with Crippen molar-refractivity contribution in [2.24, 2.45) is 0 Å². The largest absolute Gasteiger partial charge is 0.208 e. The van der Waals surface area contributed by atoms with Gasteiger partial charge in [0.1, 0.15) is 0 Å². The molecule has 0 unspecified atom stereocenters. The molecule has 0 fully saturated rings. The SMILES string of the molecule is CC1(C)c2ccccc2-c2ccc(-c3ccc(-c4ccc5sc6ccccc6c5c4-c4nc(-c5ccccc5)nc(-c5ccccc5)n4)cc3)cc21. The Morgan fingerprint density at radius 3 is 1.69 bits per heavy atom. The monoisotopic (exact) mass is 683 g/mol. The summed E-state index contributed by atoms with van der Waals surface area (Å²) < 4.78 is 2.45. The molecule has 0 spiro atoms. The fourth-order valence-electron chi connectivity index (χ4n) is 7.94. The molecule has 1 aliphatic rings. The van der Waals surface area contributed by atoms with Crippen LogP contribution in [0.5, 0.6) is 0 Å². The number of hydrogen-bond donors (Lipinski definition) is 0. The van der Waals surface area contributed by atoms with Crippen molar-refractivity contribution in [1.82, 2.24) is 15.0 Å². The van der Waals surface area contributed by atoms with Crippen LogP contribution < -0.4 is 0 Å². The maximum Gasteiger partial charge on any atom is 0.165 e. The molecule has 0 amide bonds. The Balaban J connectivity index is 1.16. The molecule has 10 rings (SSSR count). The van der Waals surface area contributed by atoms with Gasteiger partial charge in [0, 0.05) is 42.3 Å². The van der Waals surface area contributed by atoms with Crippen LogP contribution in [-0.4, -0.2) is 15.0 Å². The van der Waals surface area contributed by atoms with E-state index in [0.717, 1.165) is 27.8 Å². The molecule has 0 atom stereocenters. The molecule has 2 heterocycles. The number of benzene rings is 7. The highest BCUT2D eigenvalue weighted by molar-refractivity contribution is 7.26. The van der Waals surface area contributed by atoms with Crippen molar-refractivity contribution in [2.45, 2.75) is 19.3 Å². The maximum atomic E-state index is 5.23. The van der Waals surface area contributed by atoms with Crippen LogP contribution in [0.1, 0.15) is 25.0 Å². The predicted octanol–water partition coefficient (Wildman–Crippen LogP) is 12.9. The van der Waals surface area contributed by atoms with E-state index in [2.05, 4.69) is 141 Å². The van der Waals surface area contributed by atoms with Gasteiger partial charge in [-0.15, -0.1) is 11.3 Å². The van der Waals surface area contributed by atoms with Crippen LogP contribution in [0.25, 0.3) is 87.7 Å². The quantitative estimate of drug-likeness (QED) is 0.181. The zero-order valence-corrected chi connectivity index (χ0v) is 29.7. The number of thiophene rings is 1. The molecule has 246 valence electrons. The summed E-state index contributed by atoms with van der Waals surface area (Å²) in [7, 11) is 0. The summed E-state index contributed by atoms with van der Waals surface area (Å²) in [6.45, 7) is 4.67. The summed E-state index contributed by atoms with van der Waals surface area (Å²) in [5.74, 6) is 1.98. The van der Waals surface area contributed by atoms with Crippen LogP contribution in [0.15, 0.2) is 164 Å². The van der Waals surface area contributed by atoms with Gasteiger partial charge < -0.3 is 0 Å². The molecule has 0 saturated heterocycles. The second kappa shape index (κ2) is 11.9. The first-order chi connectivity index (χ1) is 25.5. The summed E-state index contributed by atoms with van der Waals surface area (Å²) >= 11 is 1.81. The Kier molecular flexibility index (Phi) is 7.02. The van der Waals surface area contributed by atoms with Crippen molar-refractivity contribution in [1.29, 1.82) is 0 Å². The lowest BCUT2D eigenvalue weighted by Crippen LogP contribution is -2.14. The topological polar surface area (TPSA) is 38.7 Å². The molecular weight excluding hydrogens is 651 g/mol. The van der Waals surface area contributed by atoms with E-state index in [0.29, 0.717) is 17.5 Å². The fraction of sp³-hybridized carbons (Fsp3) is 0.0625. The predicted molar refractivity (Wildman–Crippen MR) is 217 cm³/mol. The average Bonchev–Trinajstić information content (AvgIpc) is 3.70. The van der Waals surface area contributed by atoms with E-state index in [4.69, 9.17) is 15.0 Å². The molecule has 52 heavy (non-hydrogen) atoms. The van der Waals surface area contributed by atoms with Gasteiger partial charge in [0.15, 0.2) is 17.5 Å². The van der Waals surface area contributed by atoms with Crippen molar-refractivity contribution in [3.05, 3.63) is 175 Å². The van der Waals surface area contributed by atoms with E-state index in [1.807, 2.05) is 47.7 Å². The van der Waals surface area contributed by atoms with Gasteiger partial charge in [0.05, 0.1) is 0 Å². The number of fused-ring (bicyclic) bond motifs is 6. The van der Waals surface area contributed by atoms with E-state index in [9.17, 15) is 0 Å². The lowest BCUT2D eigenvalue weighted by Gasteiger charge is -2.22. The third kappa shape index (κ3) is 4.90. The third-order valence-electron chi connectivity index (χ3n) is 10.6. The minimum atomic E-state index is -0.0444. The lowest BCUT2D eigenvalue weighted by atomic mass is 9.81. The molecule has 1 aliphatic carbocycles. The first kappa shape index (κ1) is 30.6. The summed E-state index contributed by atoms with van der Waals surface area (Å²) in [6.07, 6.45) is 0. The Morgan fingerprint density at radius 1 is 0.404 bits per heavy atom. The lowest BCUT2D eigenvalue weighted by molar-refractivity contribution is 0.660. The van der Waals surface area contributed by atoms with Gasteiger partial charge in [-0.05, 0) is 62.7 Å². The molecule has 0 N–H and O–H groups in total. The Labute approximate surface area is 307 Å². The van der Waals surface area contributed by atoms with Gasteiger partial charge in [0.2, 0.25) is 0 Å². The minimum absolute atomic E-state index is 0.0444. The molecule has 0 saturated carbocycles. The van der Waals surface area contributed by atoms with Crippen LogP contribution in [0.2, 0.25) is 0 Å². The van der Waals surface area contributed by atoms with Crippen molar-refractivity contribution in [2.75, 3.05) is 0 Å². The first-order valence-electron chi connectivity index (χ1n) is 17.7. The van der Waals surface area contributed by atoms with Gasteiger partial charge >= 0.3 is 0 Å². The summed E-state index contributed by atoms with van der Waals surface area (Å²) in [6, 6.07) is 58.3. The van der Waals surface area contributed by atoms with E-state index < -0.39 is 0 Å². The number of nitrogens with zero attached hydrogens (tertiary/aromatic N) is 3. The molecule has 9 aromatic rings. The molecule has 3 nitrogen and oxygen atoms in total. The molecule has 0 bridgehead atoms. The van der Waals surface area contributed by atoms with Crippen LogP contribution in [0, 0.1) is 0 Å². The highest BCUT2D eigenvalue weighted by atomic mass is 32.1. The summed E-state index contributed by atoms with van der Waals surface area (Å²) in [4.78, 5) is 15.5. The Morgan fingerprint density at radius 2 is 0.962 bits per heavy atom. The van der Waals surface area contributed by atoms with Gasteiger partial charge in [-0.25, -0.2) is 15.0 Å². The van der Waals surface area contributed by atoms with Crippen molar-refractivity contribution >= 4 is 31.5 Å². The number of rotatable bonds is 5. The summed E-state index contributed by atoms with van der Waals surface area (Å²) in [5.41, 5.74) is 13.0. The van der Waals surface area contributed by atoms with E-state index >= 15 is 0 Å². The van der Waals surface area contributed by atoms with Gasteiger partial charge in [-0.1, -0.05) is 159 Å². The second-order valence-electron chi connectivity index (χ2n) is 14.0. The molecule has 4 heteroatoms.